The highest BCUT2D eigenvalue weighted by atomic mass is 16.6. The van der Waals surface area contributed by atoms with Gasteiger partial charge in [0.2, 0.25) is 0 Å². The van der Waals surface area contributed by atoms with E-state index in [9.17, 15) is 14.9 Å². The van der Waals surface area contributed by atoms with Crippen LogP contribution in [0.25, 0.3) is 0 Å². The molecule has 4 aliphatic rings. The highest BCUT2D eigenvalue weighted by Gasteiger charge is 2.52. The third kappa shape index (κ3) is 2.97. The van der Waals surface area contributed by atoms with Gasteiger partial charge >= 0.3 is 0 Å². The van der Waals surface area contributed by atoms with Crippen LogP contribution in [0.4, 0.5) is 11.4 Å². The first-order valence-electron chi connectivity index (χ1n) is 10.0. The quantitative estimate of drug-likeness (QED) is 0.618. The van der Waals surface area contributed by atoms with Gasteiger partial charge in [0.25, 0.3) is 11.6 Å². The minimum atomic E-state index is -0.465. The molecule has 1 amide bonds. The Bertz CT molecular complexity index is 920. The first-order valence-corrected chi connectivity index (χ1v) is 10.0. The topological polar surface area (TPSA) is 85.1 Å². The van der Waals surface area contributed by atoms with Crippen molar-refractivity contribution in [2.24, 2.45) is 17.8 Å². The Kier molecular flexibility index (Phi) is 3.96. The number of carbonyl (C=O) groups excluding carboxylic acids is 1. The third-order valence-corrected chi connectivity index (χ3v) is 6.92. The fourth-order valence-corrected chi connectivity index (χ4v) is 6.19. The molecule has 144 valence electrons. The number of amides is 1. The van der Waals surface area contributed by atoms with Crippen LogP contribution < -0.4 is 5.32 Å². The smallest absolute Gasteiger partial charge is 0.271 e. The zero-order valence-electron chi connectivity index (χ0n) is 15.6. The molecule has 1 N–H and O–H groups in total. The lowest BCUT2D eigenvalue weighted by Crippen LogP contribution is -2.49. The second-order valence-corrected chi connectivity index (χ2v) is 8.89. The summed E-state index contributed by atoms with van der Waals surface area (Å²) in [4.78, 5) is 27.9. The first-order chi connectivity index (χ1) is 13.5. The average molecular weight is 377 g/mol. The molecule has 0 unspecified atom stereocenters. The van der Waals surface area contributed by atoms with Crippen molar-refractivity contribution in [3.05, 3.63) is 64.0 Å². The summed E-state index contributed by atoms with van der Waals surface area (Å²) in [6.45, 7) is 0. The maximum atomic E-state index is 12.8. The molecule has 2 aromatic rings. The van der Waals surface area contributed by atoms with Crippen LogP contribution in [-0.4, -0.2) is 15.8 Å². The van der Waals surface area contributed by atoms with Gasteiger partial charge in [-0.15, -0.1) is 0 Å². The molecule has 6 heteroatoms. The molecule has 4 fully saturated rings. The summed E-state index contributed by atoms with van der Waals surface area (Å²) in [5, 5.41) is 13.7. The molecule has 0 radical (unpaired) electrons. The van der Waals surface area contributed by atoms with Crippen molar-refractivity contribution >= 4 is 17.3 Å². The van der Waals surface area contributed by atoms with E-state index in [2.05, 4.69) is 10.3 Å². The van der Waals surface area contributed by atoms with Crippen LogP contribution in [0.5, 0.6) is 0 Å². The van der Waals surface area contributed by atoms with Crippen LogP contribution in [0.1, 0.15) is 54.6 Å². The SMILES string of the molecule is O=C(Nc1cccc([N+](=O)[O-])c1)c1ccnc(C23CC4CC(CC(C4)C2)C3)c1. The van der Waals surface area contributed by atoms with Crippen LogP contribution in [-0.2, 0) is 5.41 Å². The molecule has 0 spiro atoms. The summed E-state index contributed by atoms with van der Waals surface area (Å²) < 4.78 is 0. The fourth-order valence-electron chi connectivity index (χ4n) is 6.19. The number of nitrogens with one attached hydrogen (secondary N) is 1. The van der Waals surface area contributed by atoms with Gasteiger partial charge in [0.05, 0.1) is 4.92 Å². The maximum absolute atomic E-state index is 12.8. The molecule has 4 aliphatic carbocycles. The van der Waals surface area contributed by atoms with E-state index in [4.69, 9.17) is 0 Å². The summed E-state index contributed by atoms with van der Waals surface area (Å²) in [6, 6.07) is 9.68. The predicted molar refractivity (Wildman–Crippen MR) is 105 cm³/mol. The van der Waals surface area contributed by atoms with Crippen molar-refractivity contribution < 1.29 is 9.72 Å². The largest absolute Gasteiger partial charge is 0.322 e. The van der Waals surface area contributed by atoms with E-state index in [1.54, 1.807) is 24.4 Å². The second-order valence-electron chi connectivity index (χ2n) is 8.89. The van der Waals surface area contributed by atoms with Crippen molar-refractivity contribution in [1.82, 2.24) is 4.98 Å². The van der Waals surface area contributed by atoms with Gasteiger partial charge in [0.1, 0.15) is 0 Å². The summed E-state index contributed by atoms with van der Waals surface area (Å²) >= 11 is 0. The Balaban J connectivity index is 1.39. The minimum absolute atomic E-state index is 0.0400. The highest BCUT2D eigenvalue weighted by Crippen LogP contribution is 2.60. The van der Waals surface area contributed by atoms with Crippen molar-refractivity contribution in [1.29, 1.82) is 0 Å². The first kappa shape index (κ1) is 17.3. The van der Waals surface area contributed by atoms with Crippen LogP contribution in [0.3, 0.4) is 0 Å². The number of non-ortho nitro benzene ring substituents is 1. The zero-order valence-corrected chi connectivity index (χ0v) is 15.6. The number of benzene rings is 1. The molecule has 0 saturated heterocycles. The number of pyridine rings is 1. The standard InChI is InChI=1S/C22H23N3O3/c26-21(24-18-2-1-3-19(10-18)25(27)28)17-4-5-23-20(9-17)22-11-14-6-15(12-22)8-16(7-14)13-22/h1-5,9-10,14-16H,6-8,11-13H2,(H,24,26). The number of nitro benzene ring substituents is 1. The molecule has 0 aliphatic heterocycles. The van der Waals surface area contributed by atoms with Crippen molar-refractivity contribution in [3.8, 4) is 0 Å². The molecule has 28 heavy (non-hydrogen) atoms. The summed E-state index contributed by atoms with van der Waals surface area (Å²) in [5.41, 5.74) is 2.14. The van der Waals surface area contributed by atoms with E-state index < -0.39 is 4.92 Å². The van der Waals surface area contributed by atoms with Gasteiger partial charge in [0.15, 0.2) is 0 Å². The number of nitro groups is 1. The predicted octanol–water partition coefficient (Wildman–Crippen LogP) is 4.71. The van der Waals surface area contributed by atoms with E-state index in [1.807, 2.05) is 6.07 Å². The molecular formula is C22H23N3O3. The van der Waals surface area contributed by atoms with Gasteiger partial charge in [-0.25, -0.2) is 0 Å². The lowest BCUT2D eigenvalue weighted by atomic mass is 9.48. The summed E-state index contributed by atoms with van der Waals surface area (Å²) in [7, 11) is 0. The Morgan fingerprint density at radius 3 is 2.39 bits per heavy atom. The second kappa shape index (κ2) is 6.40. The monoisotopic (exact) mass is 377 g/mol. The number of nitrogens with zero attached hydrogens (tertiary/aromatic N) is 2. The molecular weight excluding hydrogens is 354 g/mol. The van der Waals surface area contributed by atoms with Gasteiger partial charge in [-0.2, -0.15) is 0 Å². The van der Waals surface area contributed by atoms with Crippen LogP contribution in [0.15, 0.2) is 42.6 Å². The van der Waals surface area contributed by atoms with Crippen molar-refractivity contribution in [2.75, 3.05) is 5.32 Å². The Hall–Kier alpha value is -2.76. The molecule has 1 aromatic heterocycles. The van der Waals surface area contributed by atoms with Crippen LogP contribution in [0, 0.1) is 27.9 Å². The number of hydrogen-bond donors (Lipinski definition) is 1. The Morgan fingerprint density at radius 1 is 1.07 bits per heavy atom. The van der Waals surface area contributed by atoms with E-state index in [1.165, 1.54) is 50.7 Å². The number of hydrogen-bond acceptors (Lipinski definition) is 4. The molecule has 6 nitrogen and oxygen atoms in total. The molecule has 6 rings (SSSR count). The van der Waals surface area contributed by atoms with Crippen LogP contribution in [0.2, 0.25) is 0 Å². The van der Waals surface area contributed by atoms with Crippen molar-refractivity contribution in [2.45, 2.75) is 43.9 Å². The minimum Gasteiger partial charge on any atom is -0.322 e. The van der Waals surface area contributed by atoms with E-state index >= 15 is 0 Å². The Labute approximate surface area is 163 Å². The molecule has 4 saturated carbocycles. The van der Waals surface area contributed by atoms with Gasteiger partial charge < -0.3 is 5.32 Å². The van der Waals surface area contributed by atoms with Gasteiger partial charge in [-0.05, 0) is 74.5 Å². The number of aromatic nitrogens is 1. The van der Waals surface area contributed by atoms with E-state index in [0.29, 0.717) is 11.3 Å². The number of rotatable bonds is 4. The lowest BCUT2D eigenvalue weighted by Gasteiger charge is -2.56. The molecule has 1 aromatic carbocycles. The Morgan fingerprint density at radius 2 is 1.75 bits per heavy atom. The third-order valence-electron chi connectivity index (χ3n) is 6.92. The molecule has 4 bridgehead atoms. The van der Waals surface area contributed by atoms with Gasteiger partial charge in [0, 0.05) is 40.7 Å². The molecule has 1 heterocycles. The normalized spacial score (nSPS) is 30.2. The highest BCUT2D eigenvalue weighted by molar-refractivity contribution is 6.04. The van der Waals surface area contributed by atoms with Gasteiger partial charge in [-0.3, -0.25) is 19.9 Å². The zero-order chi connectivity index (χ0) is 19.3. The number of anilines is 1. The fraction of sp³-hybridized carbons (Fsp3) is 0.455. The maximum Gasteiger partial charge on any atom is 0.271 e. The van der Waals surface area contributed by atoms with E-state index in [-0.39, 0.29) is 17.0 Å². The van der Waals surface area contributed by atoms with Crippen LogP contribution >= 0.6 is 0 Å². The van der Waals surface area contributed by atoms with Gasteiger partial charge in [-0.1, -0.05) is 6.07 Å². The summed E-state index contributed by atoms with van der Waals surface area (Å²) in [6.07, 6.45) is 9.42. The summed E-state index contributed by atoms with van der Waals surface area (Å²) in [5.74, 6) is 2.19. The number of carbonyl (C=O) groups is 1. The molecule has 0 atom stereocenters. The average Bonchev–Trinajstić information content (AvgIpc) is 2.67. The van der Waals surface area contributed by atoms with E-state index in [0.717, 1.165) is 23.4 Å². The van der Waals surface area contributed by atoms with Crippen molar-refractivity contribution in [3.63, 3.8) is 0 Å². The lowest BCUT2D eigenvalue weighted by molar-refractivity contribution is -0.384.